The van der Waals surface area contributed by atoms with Crippen molar-refractivity contribution in [3.05, 3.63) is 301 Å². The minimum absolute atomic E-state index is 0.419. The Hall–Kier alpha value is -10.1. The maximum absolute atomic E-state index is 2.60. The SMILES string of the molecule is c1cc(-c2ccc(-c3ccc4c5ccc6c7c5n(c4c3)-c3ccccc3-c3cccc(c3-7)C63c4ccccc4-c4ccccc43)cc2)cc(N(c2cccc(-c3ccc4ccccc4c3)c2)c2ccc3c(c2)sc2ccccc23)c1. The Bertz CT molecular complexity index is 5100. The highest BCUT2D eigenvalue weighted by Gasteiger charge is 2.53. The van der Waals surface area contributed by atoms with Crippen LogP contribution in [0.1, 0.15) is 22.3 Å². The average Bonchev–Trinajstić information content (AvgIpc) is 3.54. The van der Waals surface area contributed by atoms with E-state index in [9.17, 15) is 0 Å². The minimum atomic E-state index is -0.419. The zero-order valence-corrected chi connectivity index (χ0v) is 44.2. The van der Waals surface area contributed by atoms with E-state index in [4.69, 9.17) is 0 Å². The van der Waals surface area contributed by atoms with Gasteiger partial charge in [-0.15, -0.1) is 11.3 Å². The number of aromatic nitrogens is 1. The molecule has 3 heterocycles. The zero-order chi connectivity index (χ0) is 52.2. The topological polar surface area (TPSA) is 8.17 Å². The second-order valence-electron chi connectivity index (χ2n) is 21.9. The molecule has 0 amide bonds. The smallest absolute Gasteiger partial charge is 0.0726 e. The van der Waals surface area contributed by atoms with E-state index in [0.29, 0.717) is 0 Å². The molecule has 2 aromatic heterocycles. The van der Waals surface area contributed by atoms with Gasteiger partial charge in [-0.2, -0.15) is 0 Å². The average molecular weight is 1030 g/mol. The molecule has 1 spiro atoms. The van der Waals surface area contributed by atoms with Crippen LogP contribution in [0, 0.1) is 0 Å². The summed E-state index contributed by atoms with van der Waals surface area (Å²) in [4.78, 5) is 2.43. The number of hydrogen-bond donors (Lipinski definition) is 0. The number of thiophene rings is 1. The Kier molecular flexibility index (Phi) is 9.06. The molecule has 0 N–H and O–H groups in total. The van der Waals surface area contributed by atoms with Gasteiger partial charge in [-0.3, -0.25) is 0 Å². The number of hydrogen-bond acceptors (Lipinski definition) is 2. The molecular formula is C77H46N2S. The van der Waals surface area contributed by atoms with Crippen LogP contribution in [0.4, 0.5) is 17.1 Å². The summed E-state index contributed by atoms with van der Waals surface area (Å²) in [7, 11) is 0. The normalized spacial score (nSPS) is 13.1. The quantitative estimate of drug-likeness (QED) is 0.161. The van der Waals surface area contributed by atoms with Crippen LogP contribution in [0.5, 0.6) is 0 Å². The van der Waals surface area contributed by atoms with Gasteiger partial charge in [0.1, 0.15) is 0 Å². The highest BCUT2D eigenvalue weighted by Crippen LogP contribution is 2.66. The van der Waals surface area contributed by atoms with Crippen LogP contribution in [0.2, 0.25) is 0 Å². The van der Waals surface area contributed by atoms with Gasteiger partial charge in [0.05, 0.1) is 22.1 Å². The lowest BCUT2D eigenvalue weighted by atomic mass is 9.70. The molecule has 3 heteroatoms. The van der Waals surface area contributed by atoms with E-state index in [-0.39, 0.29) is 0 Å². The maximum Gasteiger partial charge on any atom is 0.0726 e. The molecule has 18 rings (SSSR count). The van der Waals surface area contributed by atoms with Crippen molar-refractivity contribution in [3.8, 4) is 72.4 Å². The van der Waals surface area contributed by atoms with Crippen LogP contribution in [-0.4, -0.2) is 4.57 Å². The van der Waals surface area contributed by atoms with E-state index in [1.54, 1.807) is 0 Å². The van der Waals surface area contributed by atoms with Crippen molar-refractivity contribution in [1.82, 2.24) is 4.57 Å². The van der Waals surface area contributed by atoms with E-state index in [1.807, 2.05) is 11.3 Å². The molecule has 0 atom stereocenters. The lowest BCUT2D eigenvalue weighted by Gasteiger charge is -2.31. The molecule has 2 nitrogen and oxygen atoms in total. The maximum atomic E-state index is 2.60. The summed E-state index contributed by atoms with van der Waals surface area (Å²) in [5.74, 6) is 0. The van der Waals surface area contributed by atoms with E-state index in [1.165, 1.54) is 142 Å². The van der Waals surface area contributed by atoms with Crippen molar-refractivity contribution < 1.29 is 0 Å². The fraction of sp³-hybridized carbons (Fsp3) is 0.0130. The Labute approximate surface area is 467 Å². The first-order valence-corrected chi connectivity index (χ1v) is 28.5. The fourth-order valence-corrected chi connectivity index (χ4v) is 15.6. The highest BCUT2D eigenvalue weighted by molar-refractivity contribution is 7.25. The molecule has 0 saturated carbocycles. The lowest BCUT2D eigenvalue weighted by molar-refractivity contribution is 0.794. The van der Waals surface area contributed by atoms with E-state index < -0.39 is 5.41 Å². The van der Waals surface area contributed by atoms with E-state index in [0.717, 1.165) is 22.6 Å². The molecule has 2 aliphatic carbocycles. The van der Waals surface area contributed by atoms with Crippen molar-refractivity contribution in [2.75, 3.05) is 4.90 Å². The molecule has 13 aromatic carbocycles. The van der Waals surface area contributed by atoms with Gasteiger partial charge >= 0.3 is 0 Å². The van der Waals surface area contributed by atoms with Crippen molar-refractivity contribution in [3.63, 3.8) is 0 Å². The summed E-state index contributed by atoms with van der Waals surface area (Å²) in [6.07, 6.45) is 0. The minimum Gasteiger partial charge on any atom is -0.310 e. The monoisotopic (exact) mass is 1030 g/mol. The summed E-state index contributed by atoms with van der Waals surface area (Å²) in [5, 5.41) is 7.63. The second-order valence-corrected chi connectivity index (χ2v) is 23.0. The predicted molar refractivity (Wildman–Crippen MR) is 337 cm³/mol. The van der Waals surface area contributed by atoms with Crippen LogP contribution in [0.15, 0.2) is 279 Å². The molecule has 3 aliphatic rings. The number of anilines is 3. The van der Waals surface area contributed by atoms with Gasteiger partial charge in [0.2, 0.25) is 0 Å². The summed E-state index contributed by atoms with van der Waals surface area (Å²) >= 11 is 1.86. The molecule has 370 valence electrons. The van der Waals surface area contributed by atoms with Crippen LogP contribution in [-0.2, 0) is 5.41 Å². The highest BCUT2D eigenvalue weighted by atomic mass is 32.1. The summed E-state index contributed by atoms with van der Waals surface area (Å²) in [6, 6.07) is 105. The molecule has 15 aromatic rings. The van der Waals surface area contributed by atoms with Crippen molar-refractivity contribution >= 4 is 81.1 Å². The first kappa shape index (κ1) is 44.0. The molecule has 0 radical (unpaired) electrons. The van der Waals surface area contributed by atoms with Crippen LogP contribution < -0.4 is 4.90 Å². The van der Waals surface area contributed by atoms with Gasteiger partial charge in [-0.1, -0.05) is 218 Å². The third-order valence-electron chi connectivity index (χ3n) is 17.9. The van der Waals surface area contributed by atoms with Crippen molar-refractivity contribution in [1.29, 1.82) is 0 Å². The number of rotatable bonds is 6. The fourth-order valence-electron chi connectivity index (χ4n) is 14.5. The molecule has 1 aliphatic heterocycles. The van der Waals surface area contributed by atoms with Crippen molar-refractivity contribution in [2.24, 2.45) is 0 Å². The third-order valence-corrected chi connectivity index (χ3v) is 19.0. The van der Waals surface area contributed by atoms with Gasteiger partial charge in [0.25, 0.3) is 0 Å². The second kappa shape index (κ2) is 16.5. The Balaban J connectivity index is 0.761. The third kappa shape index (κ3) is 6.02. The molecule has 0 saturated heterocycles. The zero-order valence-electron chi connectivity index (χ0n) is 43.4. The molecule has 0 unspecified atom stereocenters. The van der Waals surface area contributed by atoms with Gasteiger partial charge in [-0.05, 0) is 149 Å². The molecular weight excluding hydrogens is 985 g/mol. The first-order chi connectivity index (χ1) is 39.7. The summed E-state index contributed by atoms with van der Waals surface area (Å²) < 4.78 is 5.18. The van der Waals surface area contributed by atoms with Gasteiger partial charge in [-0.25, -0.2) is 0 Å². The summed E-state index contributed by atoms with van der Waals surface area (Å²) in [5.41, 5.74) is 27.2. The number of benzene rings is 13. The predicted octanol–water partition coefficient (Wildman–Crippen LogP) is 21.1. The Morgan fingerprint density at radius 2 is 0.838 bits per heavy atom. The first-order valence-electron chi connectivity index (χ1n) is 27.7. The molecule has 80 heavy (non-hydrogen) atoms. The van der Waals surface area contributed by atoms with Crippen LogP contribution in [0.25, 0.3) is 125 Å². The summed E-state index contributed by atoms with van der Waals surface area (Å²) in [6.45, 7) is 0. The standard InChI is InChI=1S/C77H46N2S/c1-2-15-50-42-53(35-34-47(50)14-1)52-17-12-19-56(44-52)78(57-37-39-63-62-23-6-10-29-72(62)80-73(63)46-57)55-18-11-16-51(43-55)48-30-32-49(33-31-48)54-36-38-61-65-40-41-69-75-74-64(60-22-5-9-28-70(60)79(76(65)75)71(61)45-54)24-13-27-68(74)77(69)66-25-7-3-20-58(66)59-21-4-8-26-67(59)77/h1-46H. The Morgan fingerprint density at radius 3 is 1.62 bits per heavy atom. The lowest BCUT2D eigenvalue weighted by Crippen LogP contribution is -2.25. The van der Waals surface area contributed by atoms with E-state index in [2.05, 4.69) is 289 Å². The van der Waals surface area contributed by atoms with Crippen LogP contribution >= 0.6 is 11.3 Å². The van der Waals surface area contributed by atoms with Gasteiger partial charge in [0, 0.05) is 59.1 Å². The van der Waals surface area contributed by atoms with Gasteiger partial charge in [0.15, 0.2) is 0 Å². The number of fused-ring (bicyclic) bond motifs is 17. The van der Waals surface area contributed by atoms with E-state index >= 15 is 0 Å². The van der Waals surface area contributed by atoms with Crippen molar-refractivity contribution in [2.45, 2.75) is 5.41 Å². The largest absolute Gasteiger partial charge is 0.310 e. The molecule has 0 bridgehead atoms. The number of para-hydroxylation sites is 1. The van der Waals surface area contributed by atoms with Crippen LogP contribution in [0.3, 0.4) is 0 Å². The Morgan fingerprint density at radius 1 is 0.300 bits per heavy atom. The molecule has 0 fully saturated rings. The van der Waals surface area contributed by atoms with Gasteiger partial charge < -0.3 is 9.47 Å². The number of nitrogens with zero attached hydrogens (tertiary/aromatic N) is 2.